The summed E-state index contributed by atoms with van der Waals surface area (Å²) in [6.07, 6.45) is -3.56. The first-order valence-corrected chi connectivity index (χ1v) is 17.3. The number of rotatable bonds is 6. The number of hydrogen-bond acceptors (Lipinski definition) is 9. The standard InChI is InChI=1S/C34H31F6N7O2S/c1-2-24(48)46-9-6-22-23(46)14-47(22)31-18-10-20(34(38,39)40)26(17-4-5-21(36)29-25(17)19(12-41)30(42)50-29)27(37)28(18)43-32(44-31)49-15-33-7-3-8-45(33)13-16(35)11-33/h4-5,10,16,22-23H,2-3,6-9,11,13-15,42H2,1H3/t16-,22+,23+,33+/m1/s1. The molecule has 9 nitrogen and oxygen atoms in total. The highest BCUT2D eigenvalue weighted by Crippen LogP contribution is 2.49. The summed E-state index contributed by atoms with van der Waals surface area (Å²) < 4.78 is 97.3. The molecule has 4 aliphatic rings. The summed E-state index contributed by atoms with van der Waals surface area (Å²) in [4.78, 5) is 27.0. The predicted octanol–water partition coefficient (Wildman–Crippen LogP) is 6.42. The van der Waals surface area contributed by atoms with Gasteiger partial charge in [0.25, 0.3) is 0 Å². The van der Waals surface area contributed by atoms with Gasteiger partial charge in [-0.15, -0.1) is 11.3 Å². The van der Waals surface area contributed by atoms with Crippen molar-refractivity contribution in [3.05, 3.63) is 41.0 Å². The van der Waals surface area contributed by atoms with Gasteiger partial charge in [0.1, 0.15) is 41.0 Å². The van der Waals surface area contributed by atoms with Crippen LogP contribution in [0.2, 0.25) is 0 Å². The Balaban J connectivity index is 1.32. The number of carbonyl (C=O) groups excluding carboxylic acids is 1. The Morgan fingerprint density at radius 1 is 1.20 bits per heavy atom. The Hall–Kier alpha value is -4.36. The zero-order chi connectivity index (χ0) is 35.3. The fourth-order valence-electron chi connectivity index (χ4n) is 8.49. The van der Waals surface area contributed by atoms with Crippen LogP contribution in [0.5, 0.6) is 6.01 Å². The average molecular weight is 716 g/mol. The quantitative estimate of drug-likeness (QED) is 0.228. The van der Waals surface area contributed by atoms with E-state index in [4.69, 9.17) is 10.5 Å². The van der Waals surface area contributed by atoms with E-state index in [1.54, 1.807) is 16.7 Å². The molecule has 0 bridgehead atoms. The van der Waals surface area contributed by atoms with Crippen LogP contribution in [0.3, 0.4) is 0 Å². The largest absolute Gasteiger partial charge is 0.461 e. The molecular formula is C34H31F6N7O2S. The number of hydrogen-bond donors (Lipinski definition) is 1. The van der Waals surface area contributed by atoms with Crippen LogP contribution in [0.15, 0.2) is 18.2 Å². The molecule has 4 aromatic rings. The first kappa shape index (κ1) is 32.8. The first-order valence-electron chi connectivity index (χ1n) is 16.5. The summed E-state index contributed by atoms with van der Waals surface area (Å²) in [5, 5.41) is 9.25. The van der Waals surface area contributed by atoms with E-state index < -0.39 is 46.2 Å². The minimum atomic E-state index is -5.10. The lowest BCUT2D eigenvalue weighted by Crippen LogP contribution is -2.63. The highest BCUT2D eigenvalue weighted by Gasteiger charge is 2.51. The van der Waals surface area contributed by atoms with Gasteiger partial charge in [0.05, 0.1) is 33.4 Å². The molecule has 2 N–H and O–H groups in total. The van der Waals surface area contributed by atoms with Crippen molar-refractivity contribution in [2.24, 2.45) is 0 Å². The topological polar surface area (TPSA) is 112 Å². The Kier molecular flexibility index (Phi) is 7.61. The third-order valence-electron chi connectivity index (χ3n) is 10.8. The molecule has 2 aromatic heterocycles. The Morgan fingerprint density at radius 3 is 2.74 bits per heavy atom. The highest BCUT2D eigenvalue weighted by molar-refractivity contribution is 7.23. The fourth-order valence-corrected chi connectivity index (χ4v) is 9.44. The van der Waals surface area contributed by atoms with Gasteiger partial charge in [-0.3, -0.25) is 9.69 Å². The molecule has 8 rings (SSSR count). The van der Waals surface area contributed by atoms with Crippen molar-refractivity contribution in [2.45, 2.75) is 69.0 Å². The Labute approximate surface area is 286 Å². The number of aromatic nitrogens is 2. The molecule has 0 radical (unpaired) electrons. The molecule has 4 fully saturated rings. The van der Waals surface area contributed by atoms with Gasteiger partial charge in [-0.2, -0.15) is 28.4 Å². The molecule has 4 atom stereocenters. The molecule has 2 aromatic carbocycles. The lowest BCUT2D eigenvalue weighted by molar-refractivity contribution is -0.137. The molecule has 0 saturated carbocycles. The first-order chi connectivity index (χ1) is 23.8. The van der Waals surface area contributed by atoms with Crippen LogP contribution in [0, 0.1) is 23.0 Å². The van der Waals surface area contributed by atoms with Crippen LogP contribution in [-0.2, 0) is 11.0 Å². The normalized spacial score (nSPS) is 24.9. The van der Waals surface area contributed by atoms with Crippen molar-refractivity contribution in [3.8, 4) is 23.2 Å². The summed E-state index contributed by atoms with van der Waals surface area (Å²) >= 11 is 0.685. The van der Waals surface area contributed by atoms with Crippen LogP contribution in [0.25, 0.3) is 32.1 Å². The molecule has 4 saturated heterocycles. The third-order valence-corrected chi connectivity index (χ3v) is 11.8. The van der Waals surface area contributed by atoms with E-state index in [0.717, 1.165) is 24.6 Å². The van der Waals surface area contributed by atoms with Crippen molar-refractivity contribution in [1.29, 1.82) is 5.26 Å². The van der Waals surface area contributed by atoms with Gasteiger partial charge in [0.15, 0.2) is 5.82 Å². The maximum absolute atomic E-state index is 17.1. The van der Waals surface area contributed by atoms with Gasteiger partial charge in [-0.1, -0.05) is 13.0 Å². The highest BCUT2D eigenvalue weighted by atomic mass is 32.1. The maximum atomic E-state index is 17.1. The summed E-state index contributed by atoms with van der Waals surface area (Å²) in [7, 11) is 0. The minimum Gasteiger partial charge on any atom is -0.461 e. The molecule has 50 heavy (non-hydrogen) atoms. The number of nitrogen functional groups attached to an aromatic ring is 1. The van der Waals surface area contributed by atoms with E-state index in [2.05, 4.69) is 9.97 Å². The SMILES string of the molecule is CCC(=O)N1CC[C@H]2[C@@H]1CN2c1nc(OC[C@@]23CCCN2C[C@H](F)C3)nc2c(F)c(-c3ccc(F)c4sc(N)c(C#N)c34)c(C(F)(F)F)cc12. The number of alkyl halides is 4. The lowest BCUT2D eigenvalue weighted by Gasteiger charge is -2.47. The van der Waals surface area contributed by atoms with Crippen molar-refractivity contribution in [3.63, 3.8) is 0 Å². The zero-order valence-electron chi connectivity index (χ0n) is 26.8. The third kappa shape index (κ3) is 4.87. The van der Waals surface area contributed by atoms with Crippen LogP contribution < -0.4 is 15.4 Å². The second-order valence-corrected chi connectivity index (χ2v) is 14.5. The number of likely N-dealkylation sites (tertiary alicyclic amines) is 1. The molecule has 16 heteroatoms. The fraction of sp³-hybridized carbons (Fsp3) is 0.471. The summed E-state index contributed by atoms with van der Waals surface area (Å²) in [6, 6.07) is 3.77. The number of benzene rings is 2. The van der Waals surface area contributed by atoms with E-state index in [0.29, 0.717) is 43.7 Å². The molecule has 6 heterocycles. The minimum absolute atomic E-state index is 0.00337. The Morgan fingerprint density at radius 2 is 2.00 bits per heavy atom. The molecular weight excluding hydrogens is 684 g/mol. The van der Waals surface area contributed by atoms with Crippen molar-refractivity contribution >= 4 is 49.1 Å². The lowest BCUT2D eigenvalue weighted by atomic mass is 9.91. The molecule has 0 spiro atoms. The molecule has 0 unspecified atom stereocenters. The smallest absolute Gasteiger partial charge is 0.417 e. The van der Waals surface area contributed by atoms with Crippen LogP contribution >= 0.6 is 11.3 Å². The molecule has 4 aliphatic heterocycles. The Bertz CT molecular complexity index is 2120. The summed E-state index contributed by atoms with van der Waals surface area (Å²) in [5.74, 6) is -2.20. The van der Waals surface area contributed by atoms with E-state index in [1.165, 1.54) is 0 Å². The number of nitrogens with zero attached hydrogens (tertiary/aromatic N) is 6. The number of nitriles is 1. The average Bonchev–Trinajstić information content (AvgIpc) is 3.79. The number of ether oxygens (including phenoxy) is 1. The monoisotopic (exact) mass is 715 g/mol. The van der Waals surface area contributed by atoms with Gasteiger partial charge in [0, 0.05) is 48.8 Å². The van der Waals surface area contributed by atoms with Crippen molar-refractivity contribution in [1.82, 2.24) is 19.8 Å². The van der Waals surface area contributed by atoms with E-state index in [1.807, 2.05) is 11.0 Å². The second kappa shape index (κ2) is 11.6. The van der Waals surface area contributed by atoms with Gasteiger partial charge < -0.3 is 20.3 Å². The molecule has 1 amide bonds. The number of carbonyl (C=O) groups is 1. The number of nitrogens with two attached hydrogens (primary N) is 1. The van der Waals surface area contributed by atoms with Crippen molar-refractivity contribution < 1.29 is 35.9 Å². The number of thiophene rings is 1. The van der Waals surface area contributed by atoms with E-state index in [9.17, 15) is 32.0 Å². The number of anilines is 2. The number of halogens is 6. The second-order valence-electron chi connectivity index (χ2n) is 13.5. The van der Waals surface area contributed by atoms with E-state index in [-0.39, 0.29) is 87.5 Å². The van der Waals surface area contributed by atoms with Crippen LogP contribution in [0.1, 0.15) is 50.2 Å². The number of fused-ring (bicyclic) bond motifs is 4. The summed E-state index contributed by atoms with van der Waals surface area (Å²) in [6.45, 7) is 3.43. The molecule has 0 aliphatic carbocycles. The number of amides is 1. The molecule has 262 valence electrons. The van der Waals surface area contributed by atoms with Crippen molar-refractivity contribution in [2.75, 3.05) is 43.4 Å². The van der Waals surface area contributed by atoms with Gasteiger partial charge in [-0.25, -0.2) is 13.2 Å². The van der Waals surface area contributed by atoms with Crippen LogP contribution in [0.4, 0.5) is 37.2 Å². The zero-order valence-corrected chi connectivity index (χ0v) is 27.6. The predicted molar refractivity (Wildman–Crippen MR) is 174 cm³/mol. The van der Waals surface area contributed by atoms with E-state index >= 15 is 4.39 Å². The van der Waals surface area contributed by atoms with Gasteiger partial charge >= 0.3 is 12.2 Å². The van der Waals surface area contributed by atoms with Gasteiger partial charge in [0.2, 0.25) is 5.91 Å². The van der Waals surface area contributed by atoms with Crippen LogP contribution in [-0.4, -0.2) is 82.3 Å². The van der Waals surface area contributed by atoms with Gasteiger partial charge in [-0.05, 0) is 43.5 Å². The summed E-state index contributed by atoms with van der Waals surface area (Å²) in [5.41, 5.74) is 1.97. The maximum Gasteiger partial charge on any atom is 0.417 e.